The minimum Gasteiger partial charge on any atom is -0.345 e. The molecule has 2 aliphatic heterocycles. The number of likely N-dealkylation sites (tertiary alicyclic amines) is 2. The Labute approximate surface area is 149 Å². The van der Waals surface area contributed by atoms with Gasteiger partial charge in [-0.2, -0.15) is 0 Å². The summed E-state index contributed by atoms with van der Waals surface area (Å²) >= 11 is 0. The zero-order chi connectivity index (χ0) is 17.4. The number of hydrogen-bond acceptors (Lipinski definition) is 3. The van der Waals surface area contributed by atoms with Crippen molar-refractivity contribution in [3.63, 3.8) is 0 Å². The molecule has 5 nitrogen and oxygen atoms in total. The van der Waals surface area contributed by atoms with Crippen molar-refractivity contribution in [3.8, 4) is 0 Å². The predicted molar refractivity (Wildman–Crippen MR) is 97.0 cm³/mol. The van der Waals surface area contributed by atoms with Gasteiger partial charge in [-0.1, -0.05) is 30.3 Å². The van der Waals surface area contributed by atoms with Crippen molar-refractivity contribution in [1.82, 2.24) is 19.4 Å². The molecule has 132 valence electrons. The van der Waals surface area contributed by atoms with Crippen molar-refractivity contribution in [1.29, 1.82) is 0 Å². The van der Waals surface area contributed by atoms with Gasteiger partial charge in [0.25, 0.3) is 0 Å². The number of nitrogens with zero attached hydrogens (tertiary/aromatic N) is 4. The highest BCUT2D eigenvalue weighted by Gasteiger charge is 2.54. The number of benzene rings is 1. The van der Waals surface area contributed by atoms with Gasteiger partial charge in [-0.3, -0.25) is 9.69 Å². The van der Waals surface area contributed by atoms with Gasteiger partial charge in [0, 0.05) is 39.0 Å². The summed E-state index contributed by atoms with van der Waals surface area (Å²) in [6.45, 7) is 3.60. The molecule has 0 N–H and O–H groups in total. The maximum atomic E-state index is 13.0. The largest absolute Gasteiger partial charge is 0.345 e. The fourth-order valence-electron chi connectivity index (χ4n) is 4.59. The Bertz CT molecular complexity index is 746. The van der Waals surface area contributed by atoms with E-state index in [9.17, 15) is 4.79 Å². The Morgan fingerprint density at radius 2 is 1.88 bits per heavy atom. The maximum Gasteiger partial charge on any atom is 0.229 e. The first kappa shape index (κ1) is 16.3. The zero-order valence-electron chi connectivity index (χ0n) is 15.1. The minimum atomic E-state index is -0.228. The second kappa shape index (κ2) is 6.30. The predicted octanol–water partition coefficient (Wildman–Crippen LogP) is 2.26. The standard InChI is InChI=1S/C20H26N4O/c1-22-13-10-21-18(22)15-24-11-8-20(9-12-24)17(14-23(2)19(20)25)16-6-4-3-5-7-16/h3-7,10,13,17H,8-9,11-12,14-15H2,1-2H3. The van der Waals surface area contributed by atoms with Gasteiger partial charge in [-0.05, 0) is 31.5 Å². The lowest BCUT2D eigenvalue weighted by Crippen LogP contribution is -2.46. The van der Waals surface area contributed by atoms with E-state index in [1.165, 1.54) is 5.56 Å². The first-order valence-corrected chi connectivity index (χ1v) is 9.09. The van der Waals surface area contributed by atoms with Gasteiger partial charge in [0.1, 0.15) is 5.82 Å². The minimum absolute atomic E-state index is 0.228. The first-order chi connectivity index (χ1) is 12.1. The molecule has 3 heterocycles. The molecule has 2 aromatic rings. The van der Waals surface area contributed by atoms with Gasteiger partial charge in [0.05, 0.1) is 12.0 Å². The molecule has 1 aromatic heterocycles. The van der Waals surface area contributed by atoms with E-state index in [1.807, 2.05) is 37.5 Å². The number of aryl methyl sites for hydroxylation is 1. The Kier molecular flexibility index (Phi) is 4.12. The van der Waals surface area contributed by atoms with Crippen molar-refractivity contribution in [2.75, 3.05) is 26.7 Å². The Hall–Kier alpha value is -2.14. The number of amides is 1. The molecular formula is C20H26N4O. The molecule has 1 aromatic carbocycles. The molecule has 0 saturated carbocycles. The van der Waals surface area contributed by atoms with E-state index in [4.69, 9.17) is 0 Å². The van der Waals surface area contributed by atoms with Crippen molar-refractivity contribution < 1.29 is 4.79 Å². The molecule has 0 aliphatic carbocycles. The molecule has 0 bridgehead atoms. The Morgan fingerprint density at radius 1 is 1.16 bits per heavy atom. The third-order valence-electron chi connectivity index (χ3n) is 6.13. The normalized spacial score (nSPS) is 23.5. The Balaban J connectivity index is 1.53. The number of hydrogen-bond donors (Lipinski definition) is 0. The van der Waals surface area contributed by atoms with Crippen LogP contribution in [0.25, 0.3) is 0 Å². The van der Waals surface area contributed by atoms with Crippen LogP contribution in [0.4, 0.5) is 0 Å². The van der Waals surface area contributed by atoms with E-state index < -0.39 is 0 Å². The molecule has 2 fully saturated rings. The zero-order valence-corrected chi connectivity index (χ0v) is 15.1. The van der Waals surface area contributed by atoms with Crippen LogP contribution >= 0.6 is 0 Å². The summed E-state index contributed by atoms with van der Waals surface area (Å²) in [6.07, 6.45) is 5.70. The van der Waals surface area contributed by atoms with Gasteiger partial charge in [0.15, 0.2) is 0 Å². The Morgan fingerprint density at radius 3 is 2.52 bits per heavy atom. The fourth-order valence-corrected chi connectivity index (χ4v) is 4.59. The summed E-state index contributed by atoms with van der Waals surface area (Å²) in [5.41, 5.74) is 1.08. The monoisotopic (exact) mass is 338 g/mol. The number of aromatic nitrogens is 2. The molecule has 2 aliphatic rings. The van der Waals surface area contributed by atoms with E-state index >= 15 is 0 Å². The molecule has 25 heavy (non-hydrogen) atoms. The third-order valence-corrected chi connectivity index (χ3v) is 6.13. The van der Waals surface area contributed by atoms with Crippen LogP contribution in [0, 0.1) is 5.41 Å². The smallest absolute Gasteiger partial charge is 0.229 e. The molecule has 4 rings (SSSR count). The number of imidazole rings is 1. The lowest BCUT2D eigenvalue weighted by atomic mass is 9.68. The number of piperidine rings is 1. The van der Waals surface area contributed by atoms with E-state index in [0.29, 0.717) is 11.8 Å². The van der Waals surface area contributed by atoms with E-state index in [2.05, 4.69) is 38.7 Å². The second-order valence-corrected chi connectivity index (χ2v) is 7.54. The van der Waals surface area contributed by atoms with Crippen LogP contribution in [0.5, 0.6) is 0 Å². The molecular weight excluding hydrogens is 312 g/mol. The molecule has 1 unspecified atom stereocenters. The van der Waals surface area contributed by atoms with Crippen LogP contribution in [-0.2, 0) is 18.4 Å². The van der Waals surface area contributed by atoms with E-state index in [0.717, 1.165) is 44.8 Å². The molecule has 1 spiro atoms. The van der Waals surface area contributed by atoms with Crippen LogP contribution < -0.4 is 0 Å². The molecule has 0 radical (unpaired) electrons. The van der Waals surface area contributed by atoms with Crippen molar-refractivity contribution in [2.45, 2.75) is 25.3 Å². The van der Waals surface area contributed by atoms with Crippen LogP contribution in [0.2, 0.25) is 0 Å². The molecule has 5 heteroatoms. The SMILES string of the molecule is CN1CC(c2ccccc2)C2(CCN(Cc3nccn3C)CC2)C1=O. The van der Waals surface area contributed by atoms with Gasteiger partial charge >= 0.3 is 0 Å². The topological polar surface area (TPSA) is 41.4 Å². The summed E-state index contributed by atoms with van der Waals surface area (Å²) in [5, 5.41) is 0. The highest BCUT2D eigenvalue weighted by atomic mass is 16.2. The van der Waals surface area contributed by atoms with Crippen LogP contribution in [0.3, 0.4) is 0 Å². The lowest BCUT2D eigenvalue weighted by Gasteiger charge is -2.41. The average molecular weight is 338 g/mol. The number of likely N-dealkylation sites (N-methyl/N-ethyl adjacent to an activating group) is 1. The summed E-state index contributed by atoms with van der Waals surface area (Å²) in [4.78, 5) is 21.8. The summed E-state index contributed by atoms with van der Waals surface area (Å²) < 4.78 is 2.08. The second-order valence-electron chi connectivity index (χ2n) is 7.54. The van der Waals surface area contributed by atoms with Crippen LogP contribution in [0.1, 0.15) is 30.1 Å². The third kappa shape index (κ3) is 2.76. The van der Waals surface area contributed by atoms with Crippen molar-refractivity contribution >= 4 is 5.91 Å². The van der Waals surface area contributed by atoms with Crippen LogP contribution in [-0.4, -0.2) is 51.9 Å². The molecule has 1 amide bonds. The van der Waals surface area contributed by atoms with Gasteiger partial charge in [0.2, 0.25) is 5.91 Å². The van der Waals surface area contributed by atoms with Gasteiger partial charge < -0.3 is 9.47 Å². The van der Waals surface area contributed by atoms with Gasteiger partial charge in [-0.15, -0.1) is 0 Å². The number of rotatable bonds is 3. The fraction of sp³-hybridized carbons (Fsp3) is 0.500. The van der Waals surface area contributed by atoms with E-state index in [-0.39, 0.29) is 5.41 Å². The first-order valence-electron chi connectivity index (χ1n) is 9.09. The van der Waals surface area contributed by atoms with E-state index in [1.54, 1.807) is 0 Å². The van der Waals surface area contributed by atoms with Crippen LogP contribution in [0.15, 0.2) is 42.7 Å². The summed E-state index contributed by atoms with van der Waals surface area (Å²) in [6, 6.07) is 10.6. The average Bonchev–Trinajstić information content (AvgIpc) is 3.14. The maximum absolute atomic E-state index is 13.0. The molecule has 2 saturated heterocycles. The van der Waals surface area contributed by atoms with Crippen molar-refractivity contribution in [3.05, 3.63) is 54.1 Å². The quantitative estimate of drug-likeness (QED) is 0.862. The highest BCUT2D eigenvalue weighted by Crippen LogP contribution is 2.50. The van der Waals surface area contributed by atoms with Gasteiger partial charge in [-0.25, -0.2) is 4.98 Å². The highest BCUT2D eigenvalue weighted by molar-refractivity contribution is 5.86. The number of carbonyl (C=O) groups is 1. The van der Waals surface area contributed by atoms with Crippen molar-refractivity contribution in [2.24, 2.45) is 12.5 Å². The summed E-state index contributed by atoms with van der Waals surface area (Å²) in [7, 11) is 3.99. The summed E-state index contributed by atoms with van der Waals surface area (Å²) in [5.74, 6) is 1.73. The lowest BCUT2D eigenvalue weighted by molar-refractivity contribution is -0.137. The number of carbonyl (C=O) groups excluding carboxylic acids is 1. The molecule has 1 atom stereocenters.